The van der Waals surface area contributed by atoms with Gasteiger partial charge in [-0.05, 0) is 12.1 Å². The number of fused-ring (bicyclic) bond motifs is 2. The summed E-state index contributed by atoms with van der Waals surface area (Å²) in [6.45, 7) is -0.0825. The molecule has 3 aliphatic rings. The van der Waals surface area contributed by atoms with Crippen molar-refractivity contribution in [2.75, 3.05) is 6.61 Å². The number of ether oxygens (including phenoxy) is 2. The summed E-state index contributed by atoms with van der Waals surface area (Å²) in [6.07, 6.45) is -3.33. The molecule has 1 aromatic rings. The number of aliphatic hydroxyl groups is 2. The number of Topliss-reactive ketones (excluding diaryl/α,β-unsaturated/α-hetero) is 2. The Kier molecular flexibility index (Phi) is 3.24. The number of phenols is 1. The molecule has 4 atom stereocenters. The molecule has 0 bridgehead atoms. The van der Waals surface area contributed by atoms with E-state index in [2.05, 4.69) is 0 Å². The molecular formula is C15H12O7S. The van der Waals surface area contributed by atoms with E-state index in [0.29, 0.717) is 0 Å². The number of phenolic OH excluding ortho intramolecular Hbond substituents is 1. The van der Waals surface area contributed by atoms with Crippen LogP contribution in [0.4, 0.5) is 0 Å². The largest absolute Gasteiger partial charge is 0.507 e. The van der Waals surface area contributed by atoms with Crippen LogP contribution in [0.2, 0.25) is 0 Å². The summed E-state index contributed by atoms with van der Waals surface area (Å²) in [4.78, 5) is 25.3. The lowest BCUT2D eigenvalue weighted by atomic mass is 9.92. The van der Waals surface area contributed by atoms with Crippen LogP contribution < -0.4 is 0 Å². The molecule has 0 aromatic heterocycles. The third-order valence-electron chi connectivity index (χ3n) is 4.05. The third-order valence-corrected chi connectivity index (χ3v) is 5.29. The molecule has 0 saturated carbocycles. The molecule has 120 valence electrons. The molecule has 1 saturated heterocycles. The molecule has 2 aliphatic heterocycles. The van der Waals surface area contributed by atoms with Crippen molar-refractivity contribution in [3.8, 4) is 5.75 Å². The number of thioether (sulfide) groups is 1. The second kappa shape index (κ2) is 5.07. The lowest BCUT2D eigenvalue weighted by molar-refractivity contribution is -0.168. The normalized spacial score (nSPS) is 32.8. The van der Waals surface area contributed by atoms with Gasteiger partial charge in [-0.3, -0.25) is 9.59 Å². The lowest BCUT2D eigenvalue weighted by Gasteiger charge is -2.42. The van der Waals surface area contributed by atoms with Gasteiger partial charge in [-0.25, -0.2) is 0 Å². The summed E-state index contributed by atoms with van der Waals surface area (Å²) in [6, 6.07) is 4.27. The van der Waals surface area contributed by atoms with Gasteiger partial charge in [0, 0.05) is 5.56 Å². The molecule has 23 heavy (non-hydrogen) atoms. The molecule has 2 heterocycles. The Morgan fingerprint density at radius 1 is 1.17 bits per heavy atom. The maximum Gasteiger partial charge on any atom is 0.233 e. The number of hydrogen-bond acceptors (Lipinski definition) is 8. The average molecular weight is 336 g/mol. The molecular weight excluding hydrogens is 324 g/mol. The van der Waals surface area contributed by atoms with Crippen LogP contribution in [0, 0.1) is 0 Å². The van der Waals surface area contributed by atoms with Crippen molar-refractivity contribution in [2.45, 2.75) is 23.7 Å². The van der Waals surface area contributed by atoms with Crippen LogP contribution >= 0.6 is 11.8 Å². The van der Waals surface area contributed by atoms with Crippen molar-refractivity contribution in [1.82, 2.24) is 0 Å². The standard InChI is InChI=1S/C15H12O7S/c16-6-3-1-2-5-8(6)11(20)12-14(9(5)18)23-15-13(22-12)10(19)7(17)4-21-15/h1-3,7,10,13,15-17,19H,4H2/t7-,10-,13+,15-/m0/s1. The highest BCUT2D eigenvalue weighted by Gasteiger charge is 2.49. The monoisotopic (exact) mass is 336 g/mol. The van der Waals surface area contributed by atoms with Gasteiger partial charge >= 0.3 is 0 Å². The van der Waals surface area contributed by atoms with E-state index in [-0.39, 0.29) is 34.1 Å². The fourth-order valence-electron chi connectivity index (χ4n) is 2.87. The molecule has 1 fully saturated rings. The van der Waals surface area contributed by atoms with Crippen molar-refractivity contribution >= 4 is 23.3 Å². The minimum absolute atomic E-state index is 0.0825. The van der Waals surface area contributed by atoms with Crippen LogP contribution in [-0.4, -0.2) is 57.2 Å². The Morgan fingerprint density at radius 3 is 2.74 bits per heavy atom. The van der Waals surface area contributed by atoms with Gasteiger partial charge in [0.1, 0.15) is 28.3 Å². The van der Waals surface area contributed by atoms with Gasteiger partial charge in [0.25, 0.3) is 0 Å². The number of benzene rings is 1. The number of hydrogen-bond donors (Lipinski definition) is 3. The van der Waals surface area contributed by atoms with Crippen molar-refractivity contribution in [1.29, 1.82) is 0 Å². The first-order chi connectivity index (χ1) is 11.0. The molecule has 8 heteroatoms. The van der Waals surface area contributed by atoms with Crippen LogP contribution in [0.3, 0.4) is 0 Å². The first kappa shape index (κ1) is 14.7. The first-order valence-electron chi connectivity index (χ1n) is 6.95. The van der Waals surface area contributed by atoms with Crippen LogP contribution in [-0.2, 0) is 9.47 Å². The van der Waals surface area contributed by atoms with Gasteiger partial charge in [0.15, 0.2) is 11.9 Å². The number of rotatable bonds is 0. The summed E-state index contributed by atoms with van der Waals surface area (Å²) in [7, 11) is 0. The fraction of sp³-hybridized carbons (Fsp3) is 0.333. The summed E-state index contributed by atoms with van der Waals surface area (Å²) in [5, 5.41) is 29.6. The summed E-state index contributed by atoms with van der Waals surface area (Å²) < 4.78 is 10.9. The summed E-state index contributed by atoms with van der Waals surface area (Å²) >= 11 is 0.996. The maximum absolute atomic E-state index is 12.6. The van der Waals surface area contributed by atoms with E-state index < -0.39 is 35.3 Å². The van der Waals surface area contributed by atoms with Crippen molar-refractivity contribution < 1.29 is 34.4 Å². The average Bonchev–Trinajstić information content (AvgIpc) is 2.55. The zero-order valence-corrected chi connectivity index (χ0v) is 12.4. The Hall–Kier alpha value is -1.87. The number of carbonyl (C=O) groups is 2. The van der Waals surface area contributed by atoms with Crippen LogP contribution in [0.1, 0.15) is 20.7 Å². The van der Waals surface area contributed by atoms with E-state index in [9.17, 15) is 24.9 Å². The Labute approximate surface area is 134 Å². The highest BCUT2D eigenvalue weighted by atomic mass is 32.2. The van der Waals surface area contributed by atoms with Crippen molar-refractivity contribution in [2.24, 2.45) is 0 Å². The van der Waals surface area contributed by atoms with Gasteiger partial charge in [0.05, 0.1) is 12.2 Å². The Morgan fingerprint density at radius 2 is 1.96 bits per heavy atom. The van der Waals surface area contributed by atoms with E-state index in [1.807, 2.05) is 0 Å². The quantitative estimate of drug-likeness (QED) is 0.615. The van der Waals surface area contributed by atoms with E-state index in [1.165, 1.54) is 18.2 Å². The minimum atomic E-state index is -1.23. The maximum atomic E-state index is 12.6. The van der Waals surface area contributed by atoms with Crippen LogP contribution in [0.5, 0.6) is 5.75 Å². The highest BCUT2D eigenvalue weighted by Crippen LogP contribution is 2.45. The molecule has 0 radical (unpaired) electrons. The topological polar surface area (TPSA) is 113 Å². The van der Waals surface area contributed by atoms with Gasteiger partial charge in [-0.2, -0.15) is 0 Å². The third kappa shape index (κ3) is 2.03. The molecule has 1 aromatic carbocycles. The molecule has 7 nitrogen and oxygen atoms in total. The molecule has 3 N–H and O–H groups in total. The number of ketones is 2. The zero-order chi connectivity index (χ0) is 16.3. The second-order valence-electron chi connectivity index (χ2n) is 5.48. The van der Waals surface area contributed by atoms with Gasteiger partial charge < -0.3 is 24.8 Å². The Bertz CT molecular complexity index is 756. The zero-order valence-electron chi connectivity index (χ0n) is 11.6. The van der Waals surface area contributed by atoms with E-state index in [0.717, 1.165) is 11.8 Å². The molecule has 1 aliphatic carbocycles. The predicted octanol–water partition coefficient (Wildman–Crippen LogP) is 0.193. The number of aliphatic hydroxyl groups excluding tert-OH is 2. The van der Waals surface area contributed by atoms with E-state index >= 15 is 0 Å². The van der Waals surface area contributed by atoms with Gasteiger partial charge in [0.2, 0.25) is 11.6 Å². The molecule has 0 unspecified atom stereocenters. The van der Waals surface area contributed by atoms with Crippen molar-refractivity contribution in [3.63, 3.8) is 0 Å². The highest BCUT2D eigenvalue weighted by molar-refractivity contribution is 8.04. The second-order valence-corrected chi connectivity index (χ2v) is 6.58. The summed E-state index contributed by atoms with van der Waals surface area (Å²) in [5.74, 6) is -1.57. The van der Waals surface area contributed by atoms with Gasteiger partial charge in [-0.1, -0.05) is 17.8 Å². The molecule has 4 rings (SSSR count). The number of aromatic hydroxyl groups is 1. The van der Waals surface area contributed by atoms with Gasteiger partial charge in [-0.15, -0.1) is 0 Å². The predicted molar refractivity (Wildman–Crippen MR) is 78.0 cm³/mol. The van der Waals surface area contributed by atoms with E-state index in [1.54, 1.807) is 0 Å². The smallest absolute Gasteiger partial charge is 0.233 e. The van der Waals surface area contributed by atoms with E-state index in [4.69, 9.17) is 9.47 Å². The van der Waals surface area contributed by atoms with Crippen molar-refractivity contribution in [3.05, 3.63) is 40.0 Å². The van der Waals surface area contributed by atoms with Crippen LogP contribution in [0.25, 0.3) is 0 Å². The Balaban J connectivity index is 1.79. The fourth-order valence-corrected chi connectivity index (χ4v) is 4.06. The molecule has 0 amide bonds. The lowest BCUT2D eigenvalue weighted by Crippen LogP contribution is -2.54. The summed E-state index contributed by atoms with van der Waals surface area (Å²) in [5.41, 5.74) is -0.690. The minimum Gasteiger partial charge on any atom is -0.507 e. The first-order valence-corrected chi connectivity index (χ1v) is 7.83. The SMILES string of the molecule is O=C1C2=C(O[C@@H]3[C@@H](O)[C@@H](O)CO[C@H]3S2)C(=O)c2c(O)cccc21. The number of carbonyl (C=O) groups excluding carboxylic acids is 2. The van der Waals surface area contributed by atoms with Crippen LogP contribution in [0.15, 0.2) is 28.9 Å². The number of allylic oxidation sites excluding steroid dienone is 2. The molecule has 0 spiro atoms.